The zero-order chi connectivity index (χ0) is 23.0. The van der Waals surface area contributed by atoms with Crippen LogP contribution in [0.15, 0.2) is 65.5 Å². The monoisotopic (exact) mass is 459 g/mol. The molecule has 4 rings (SSSR count). The Morgan fingerprint density at radius 2 is 1.62 bits per heavy atom. The van der Waals surface area contributed by atoms with Crippen LogP contribution in [0, 0.1) is 13.8 Å². The molecule has 0 aliphatic carbocycles. The lowest BCUT2D eigenvalue weighted by molar-refractivity contribution is -0.274. The van der Waals surface area contributed by atoms with Gasteiger partial charge in [-0.25, -0.2) is 0 Å². The molecular formula is C24H17ClF3NO3. The van der Waals surface area contributed by atoms with E-state index in [9.17, 15) is 18.0 Å². The third-order valence-electron chi connectivity index (χ3n) is 4.89. The first kappa shape index (κ1) is 21.8. The highest BCUT2D eigenvalue weighted by Gasteiger charge is 2.31. The first-order chi connectivity index (χ1) is 15.1. The lowest BCUT2D eigenvalue weighted by atomic mass is 9.97. The van der Waals surface area contributed by atoms with E-state index in [0.29, 0.717) is 38.5 Å². The number of pyridine rings is 1. The van der Waals surface area contributed by atoms with Crippen LogP contribution in [0.3, 0.4) is 0 Å². The second-order valence-corrected chi connectivity index (χ2v) is 7.68. The molecule has 0 amide bonds. The van der Waals surface area contributed by atoms with E-state index in [1.54, 1.807) is 36.4 Å². The molecule has 0 unspecified atom stereocenters. The van der Waals surface area contributed by atoms with E-state index < -0.39 is 6.36 Å². The van der Waals surface area contributed by atoms with Crippen molar-refractivity contribution in [3.05, 3.63) is 87.2 Å². The van der Waals surface area contributed by atoms with Crippen molar-refractivity contribution < 1.29 is 22.6 Å². The SMILES string of the molecule is Cc1cc(Oc2cccc(OC(F)(F)F)c2)ccc1-c1c(C)[nH]c2ccc(Cl)cc2c1=O. The van der Waals surface area contributed by atoms with Gasteiger partial charge in [0, 0.05) is 33.2 Å². The average molecular weight is 460 g/mol. The number of fused-ring (bicyclic) bond motifs is 1. The molecule has 164 valence electrons. The van der Waals surface area contributed by atoms with Gasteiger partial charge in [-0.15, -0.1) is 13.2 Å². The molecule has 0 saturated carbocycles. The minimum absolute atomic E-state index is 0.146. The summed E-state index contributed by atoms with van der Waals surface area (Å²) in [5, 5.41) is 0.953. The quantitative estimate of drug-likeness (QED) is 0.352. The van der Waals surface area contributed by atoms with Crippen molar-refractivity contribution in [2.24, 2.45) is 0 Å². The second kappa shape index (κ2) is 8.24. The van der Waals surface area contributed by atoms with Gasteiger partial charge in [0.15, 0.2) is 5.43 Å². The standard InChI is InChI=1S/C24H17ClF3NO3/c1-13-10-17(31-16-4-3-5-18(12-16)32-24(26,27)28)7-8-19(13)22-14(2)29-21-9-6-15(25)11-20(21)23(22)30/h3-12H,1-2H3,(H,29,30). The van der Waals surface area contributed by atoms with Crippen LogP contribution < -0.4 is 14.9 Å². The average Bonchev–Trinajstić information content (AvgIpc) is 2.69. The van der Waals surface area contributed by atoms with E-state index in [-0.39, 0.29) is 16.9 Å². The van der Waals surface area contributed by atoms with Gasteiger partial charge in [0.2, 0.25) is 0 Å². The Morgan fingerprint density at radius 3 is 2.34 bits per heavy atom. The number of alkyl halides is 3. The molecule has 1 aromatic heterocycles. The predicted molar refractivity (Wildman–Crippen MR) is 118 cm³/mol. The van der Waals surface area contributed by atoms with Gasteiger partial charge in [0.05, 0.1) is 0 Å². The van der Waals surface area contributed by atoms with Crippen LogP contribution in [0.4, 0.5) is 13.2 Å². The molecule has 4 nitrogen and oxygen atoms in total. The van der Waals surface area contributed by atoms with Crippen LogP contribution in [0.5, 0.6) is 17.2 Å². The molecule has 0 spiro atoms. The van der Waals surface area contributed by atoms with Gasteiger partial charge in [-0.2, -0.15) is 0 Å². The molecule has 0 bridgehead atoms. The van der Waals surface area contributed by atoms with Crippen molar-refractivity contribution in [3.63, 3.8) is 0 Å². The first-order valence-corrected chi connectivity index (χ1v) is 9.95. The first-order valence-electron chi connectivity index (χ1n) is 9.57. The summed E-state index contributed by atoms with van der Waals surface area (Å²) in [6.45, 7) is 3.65. The Bertz CT molecular complexity index is 1380. The number of ether oxygens (including phenoxy) is 2. The Labute approximate surface area is 186 Å². The number of hydrogen-bond donors (Lipinski definition) is 1. The van der Waals surface area contributed by atoms with E-state index in [4.69, 9.17) is 16.3 Å². The maximum Gasteiger partial charge on any atom is 0.573 e. The Kier molecular flexibility index (Phi) is 5.60. The maximum atomic E-state index is 13.2. The van der Waals surface area contributed by atoms with Crippen LogP contribution in [0.2, 0.25) is 5.02 Å². The third kappa shape index (κ3) is 4.57. The number of aryl methyl sites for hydroxylation is 2. The van der Waals surface area contributed by atoms with Gasteiger partial charge in [0.1, 0.15) is 17.2 Å². The number of halogens is 4. The fourth-order valence-electron chi connectivity index (χ4n) is 3.56. The fourth-order valence-corrected chi connectivity index (χ4v) is 3.73. The number of H-pyrrole nitrogens is 1. The van der Waals surface area contributed by atoms with Crippen LogP contribution in [-0.2, 0) is 0 Å². The van der Waals surface area contributed by atoms with Crippen LogP contribution >= 0.6 is 11.6 Å². The molecule has 4 aromatic rings. The molecule has 0 atom stereocenters. The summed E-state index contributed by atoms with van der Waals surface area (Å²) in [5.74, 6) is 0.224. The molecule has 1 N–H and O–H groups in total. The summed E-state index contributed by atoms with van der Waals surface area (Å²) < 4.78 is 47.0. The fraction of sp³-hybridized carbons (Fsp3) is 0.125. The largest absolute Gasteiger partial charge is 0.573 e. The van der Waals surface area contributed by atoms with Crippen molar-refractivity contribution >= 4 is 22.5 Å². The van der Waals surface area contributed by atoms with Crippen LogP contribution in [0.25, 0.3) is 22.0 Å². The van der Waals surface area contributed by atoms with Gasteiger partial charge in [-0.1, -0.05) is 23.7 Å². The highest BCUT2D eigenvalue weighted by molar-refractivity contribution is 6.31. The van der Waals surface area contributed by atoms with Crippen molar-refractivity contribution in [1.29, 1.82) is 0 Å². The van der Waals surface area contributed by atoms with Crippen LogP contribution in [-0.4, -0.2) is 11.3 Å². The van der Waals surface area contributed by atoms with Gasteiger partial charge in [0.25, 0.3) is 0 Å². The van der Waals surface area contributed by atoms with Crippen molar-refractivity contribution in [1.82, 2.24) is 4.98 Å². The highest BCUT2D eigenvalue weighted by atomic mass is 35.5. The van der Waals surface area contributed by atoms with Crippen molar-refractivity contribution in [3.8, 4) is 28.4 Å². The van der Waals surface area contributed by atoms with Gasteiger partial charge >= 0.3 is 6.36 Å². The van der Waals surface area contributed by atoms with E-state index >= 15 is 0 Å². The summed E-state index contributed by atoms with van der Waals surface area (Å²) in [7, 11) is 0. The maximum absolute atomic E-state index is 13.2. The lowest BCUT2D eigenvalue weighted by Crippen LogP contribution is -2.17. The summed E-state index contributed by atoms with van der Waals surface area (Å²) >= 11 is 6.06. The highest BCUT2D eigenvalue weighted by Crippen LogP contribution is 2.32. The summed E-state index contributed by atoms with van der Waals surface area (Å²) in [4.78, 5) is 16.4. The number of nitrogens with one attached hydrogen (secondary N) is 1. The third-order valence-corrected chi connectivity index (χ3v) is 5.13. The Hall–Kier alpha value is -3.45. The topological polar surface area (TPSA) is 51.3 Å². The number of benzene rings is 3. The van der Waals surface area contributed by atoms with E-state index in [2.05, 4.69) is 9.72 Å². The van der Waals surface area contributed by atoms with E-state index in [1.807, 2.05) is 13.8 Å². The molecule has 8 heteroatoms. The summed E-state index contributed by atoms with van der Waals surface area (Å²) in [5.41, 5.74) is 3.25. The van der Waals surface area contributed by atoms with Crippen molar-refractivity contribution in [2.45, 2.75) is 20.2 Å². The number of aromatic amines is 1. The smallest absolute Gasteiger partial charge is 0.457 e. The van der Waals surface area contributed by atoms with E-state index in [0.717, 1.165) is 11.6 Å². The lowest BCUT2D eigenvalue weighted by Gasteiger charge is -2.14. The Balaban J connectivity index is 1.68. The molecule has 1 heterocycles. The number of hydrogen-bond acceptors (Lipinski definition) is 3. The minimum Gasteiger partial charge on any atom is -0.457 e. The molecule has 32 heavy (non-hydrogen) atoms. The minimum atomic E-state index is -4.79. The molecular weight excluding hydrogens is 443 g/mol. The molecule has 0 saturated heterocycles. The molecule has 0 aliphatic heterocycles. The normalized spacial score (nSPS) is 11.6. The molecule has 3 aromatic carbocycles. The Morgan fingerprint density at radius 1 is 0.906 bits per heavy atom. The summed E-state index contributed by atoms with van der Waals surface area (Å²) in [6, 6.07) is 15.5. The molecule has 0 radical (unpaired) electrons. The van der Waals surface area contributed by atoms with Gasteiger partial charge in [-0.3, -0.25) is 4.79 Å². The van der Waals surface area contributed by atoms with Gasteiger partial charge in [-0.05, 0) is 67.4 Å². The number of rotatable bonds is 4. The predicted octanol–water partition coefficient (Wildman–Crippen LogP) is 7.16. The van der Waals surface area contributed by atoms with Crippen molar-refractivity contribution in [2.75, 3.05) is 0 Å². The molecule has 0 aliphatic rings. The van der Waals surface area contributed by atoms with E-state index in [1.165, 1.54) is 18.2 Å². The second-order valence-electron chi connectivity index (χ2n) is 7.25. The van der Waals surface area contributed by atoms with Gasteiger partial charge < -0.3 is 14.5 Å². The zero-order valence-electron chi connectivity index (χ0n) is 17.0. The summed E-state index contributed by atoms with van der Waals surface area (Å²) in [6.07, 6.45) is -4.79. The number of aromatic nitrogens is 1. The zero-order valence-corrected chi connectivity index (χ0v) is 17.8. The van der Waals surface area contributed by atoms with Crippen LogP contribution in [0.1, 0.15) is 11.3 Å². The molecule has 0 fully saturated rings.